The monoisotopic (exact) mass is 357 g/mol. The van der Waals surface area contributed by atoms with Gasteiger partial charge >= 0.3 is 0 Å². The molecule has 1 aliphatic carbocycles. The van der Waals surface area contributed by atoms with Gasteiger partial charge in [-0.3, -0.25) is 4.79 Å². The number of aliphatic hydroxyl groups is 1. The van der Waals surface area contributed by atoms with E-state index < -0.39 is 5.60 Å². The molecule has 3 heterocycles. The zero-order chi connectivity index (χ0) is 18.0. The number of hydrogen-bond donors (Lipinski definition) is 2. The Labute approximate surface area is 151 Å². The molecule has 8 heteroatoms. The van der Waals surface area contributed by atoms with Crippen LogP contribution in [0.1, 0.15) is 47.5 Å². The summed E-state index contributed by atoms with van der Waals surface area (Å²) in [6.45, 7) is 1.34. The fraction of sp³-hybridized carbons (Fsp3) is 0.556. The molecule has 0 spiro atoms. The molecule has 1 fully saturated rings. The number of aryl methyl sites for hydroxylation is 1. The minimum absolute atomic E-state index is 0.163. The van der Waals surface area contributed by atoms with E-state index in [-0.39, 0.29) is 12.5 Å². The molecule has 0 radical (unpaired) electrons. The van der Waals surface area contributed by atoms with E-state index in [1.807, 2.05) is 4.90 Å². The van der Waals surface area contributed by atoms with Crippen LogP contribution in [0.15, 0.2) is 23.0 Å². The second kappa shape index (κ2) is 7.03. The van der Waals surface area contributed by atoms with E-state index in [1.54, 1.807) is 18.5 Å². The zero-order valence-corrected chi connectivity index (χ0v) is 14.6. The fourth-order valence-corrected chi connectivity index (χ4v) is 3.77. The van der Waals surface area contributed by atoms with E-state index in [4.69, 9.17) is 4.52 Å². The molecule has 0 unspecified atom stereocenters. The number of aromatic nitrogens is 3. The summed E-state index contributed by atoms with van der Waals surface area (Å²) in [4.78, 5) is 23.0. The van der Waals surface area contributed by atoms with Crippen LogP contribution in [0.3, 0.4) is 0 Å². The Kier molecular flexibility index (Phi) is 4.58. The van der Waals surface area contributed by atoms with Crippen molar-refractivity contribution >= 4 is 11.9 Å². The van der Waals surface area contributed by atoms with E-state index in [0.29, 0.717) is 24.6 Å². The van der Waals surface area contributed by atoms with E-state index in [9.17, 15) is 9.90 Å². The van der Waals surface area contributed by atoms with Crippen molar-refractivity contribution in [3.8, 4) is 0 Å². The molecule has 1 atom stereocenters. The van der Waals surface area contributed by atoms with Crippen LogP contribution in [0.2, 0.25) is 0 Å². The highest BCUT2D eigenvalue weighted by Crippen LogP contribution is 2.25. The molecule has 2 aliphatic rings. The molecule has 138 valence electrons. The zero-order valence-electron chi connectivity index (χ0n) is 14.6. The van der Waals surface area contributed by atoms with Gasteiger partial charge in [0.1, 0.15) is 5.76 Å². The summed E-state index contributed by atoms with van der Waals surface area (Å²) in [6, 6.07) is 1.76. The average Bonchev–Trinajstić information content (AvgIpc) is 3.11. The number of β-amino-alcohol motifs (C(OH)–C–C–N with tert-alkyl or cyclic N) is 1. The largest absolute Gasteiger partial charge is 0.386 e. The summed E-state index contributed by atoms with van der Waals surface area (Å²) in [6.07, 6.45) is 8.58. The quantitative estimate of drug-likeness (QED) is 0.844. The van der Waals surface area contributed by atoms with Gasteiger partial charge in [0.15, 0.2) is 5.69 Å². The topological polar surface area (TPSA) is 104 Å². The number of fused-ring (bicyclic) bond motifs is 1. The summed E-state index contributed by atoms with van der Waals surface area (Å²) < 4.78 is 5.30. The molecule has 1 saturated heterocycles. The minimum atomic E-state index is -1.02. The van der Waals surface area contributed by atoms with Crippen LogP contribution >= 0.6 is 0 Å². The van der Waals surface area contributed by atoms with Crippen LogP contribution < -0.4 is 10.2 Å². The standard InChI is InChI=1S/C18H23N5O3/c24-16(15-13-5-1-2-6-14(13)26-22-15)21-11-18(25)7-3-10-23(12-18)17-19-8-4-9-20-17/h4,8-9,25H,1-3,5-7,10-12H2,(H,21,24)/t18-/m1/s1. The lowest BCUT2D eigenvalue weighted by Gasteiger charge is -2.39. The molecule has 8 nitrogen and oxygen atoms in total. The summed E-state index contributed by atoms with van der Waals surface area (Å²) in [5.74, 6) is 1.14. The van der Waals surface area contributed by atoms with Gasteiger partial charge in [-0.25, -0.2) is 9.97 Å². The van der Waals surface area contributed by atoms with Crippen molar-refractivity contribution in [2.75, 3.05) is 24.5 Å². The Balaban J connectivity index is 1.40. The lowest BCUT2D eigenvalue weighted by molar-refractivity contribution is 0.0251. The Hall–Kier alpha value is -2.48. The minimum Gasteiger partial charge on any atom is -0.386 e. The van der Waals surface area contributed by atoms with Crippen LogP contribution in [-0.2, 0) is 12.8 Å². The first-order chi connectivity index (χ1) is 12.6. The van der Waals surface area contributed by atoms with Gasteiger partial charge < -0.3 is 19.8 Å². The number of amides is 1. The normalized spacial score (nSPS) is 22.7. The molecule has 2 N–H and O–H groups in total. The lowest BCUT2D eigenvalue weighted by Crippen LogP contribution is -2.54. The molecule has 2 aromatic heterocycles. The maximum absolute atomic E-state index is 12.5. The van der Waals surface area contributed by atoms with Gasteiger partial charge in [-0.1, -0.05) is 5.16 Å². The number of piperidine rings is 1. The van der Waals surface area contributed by atoms with Gasteiger partial charge in [-0.05, 0) is 38.2 Å². The first-order valence-corrected chi connectivity index (χ1v) is 9.15. The maximum atomic E-state index is 12.5. The van der Waals surface area contributed by atoms with Gasteiger partial charge in [0.2, 0.25) is 5.95 Å². The lowest BCUT2D eigenvalue weighted by atomic mass is 9.92. The fourth-order valence-electron chi connectivity index (χ4n) is 3.77. The highest BCUT2D eigenvalue weighted by Gasteiger charge is 2.35. The van der Waals surface area contributed by atoms with Gasteiger partial charge in [-0.15, -0.1) is 0 Å². The van der Waals surface area contributed by atoms with Crippen LogP contribution in [0.25, 0.3) is 0 Å². The van der Waals surface area contributed by atoms with Crippen molar-refractivity contribution in [2.24, 2.45) is 0 Å². The van der Waals surface area contributed by atoms with Crippen LogP contribution in [-0.4, -0.2) is 51.4 Å². The average molecular weight is 357 g/mol. The molecule has 26 heavy (non-hydrogen) atoms. The van der Waals surface area contributed by atoms with Crippen molar-refractivity contribution < 1.29 is 14.4 Å². The Bertz CT molecular complexity index is 778. The molecule has 0 aromatic carbocycles. The van der Waals surface area contributed by atoms with E-state index in [0.717, 1.165) is 50.0 Å². The first-order valence-electron chi connectivity index (χ1n) is 9.15. The third kappa shape index (κ3) is 3.41. The third-order valence-electron chi connectivity index (χ3n) is 5.13. The van der Waals surface area contributed by atoms with E-state index in [1.165, 1.54) is 0 Å². The number of rotatable bonds is 4. The predicted octanol–water partition coefficient (Wildman–Crippen LogP) is 1.10. The molecular weight excluding hydrogens is 334 g/mol. The van der Waals surface area contributed by atoms with Crippen LogP contribution in [0, 0.1) is 0 Å². The molecule has 1 amide bonds. The number of anilines is 1. The third-order valence-corrected chi connectivity index (χ3v) is 5.13. The summed E-state index contributed by atoms with van der Waals surface area (Å²) >= 11 is 0. The second-order valence-corrected chi connectivity index (χ2v) is 7.12. The maximum Gasteiger partial charge on any atom is 0.273 e. The first kappa shape index (κ1) is 17.0. The van der Waals surface area contributed by atoms with Crippen molar-refractivity contribution in [1.82, 2.24) is 20.4 Å². The number of nitrogens with zero attached hydrogens (tertiary/aromatic N) is 4. The Morgan fingerprint density at radius 3 is 2.92 bits per heavy atom. The van der Waals surface area contributed by atoms with Gasteiger partial charge in [0.25, 0.3) is 5.91 Å². The summed E-state index contributed by atoms with van der Waals surface area (Å²) in [5.41, 5.74) is 0.266. The van der Waals surface area contributed by atoms with E-state index in [2.05, 4.69) is 20.4 Å². The number of carbonyl (C=O) groups is 1. The summed E-state index contributed by atoms with van der Waals surface area (Å²) in [7, 11) is 0. The van der Waals surface area contributed by atoms with Gasteiger partial charge in [0.05, 0.1) is 12.1 Å². The predicted molar refractivity (Wildman–Crippen MR) is 93.9 cm³/mol. The molecule has 4 rings (SSSR count). The number of hydrogen-bond acceptors (Lipinski definition) is 7. The van der Waals surface area contributed by atoms with Crippen LogP contribution in [0.4, 0.5) is 5.95 Å². The van der Waals surface area contributed by atoms with Crippen LogP contribution in [0.5, 0.6) is 0 Å². The van der Waals surface area contributed by atoms with E-state index >= 15 is 0 Å². The SMILES string of the molecule is O=C(NC[C@]1(O)CCCN(c2ncccn2)C1)c1noc2c1CCCC2. The highest BCUT2D eigenvalue weighted by atomic mass is 16.5. The molecular formula is C18H23N5O3. The van der Waals surface area contributed by atoms with Crippen molar-refractivity contribution in [1.29, 1.82) is 0 Å². The molecule has 0 bridgehead atoms. The Morgan fingerprint density at radius 1 is 1.27 bits per heavy atom. The van der Waals surface area contributed by atoms with Crippen molar-refractivity contribution in [3.63, 3.8) is 0 Å². The molecule has 0 saturated carbocycles. The van der Waals surface area contributed by atoms with Gasteiger partial charge in [0, 0.05) is 37.5 Å². The Morgan fingerprint density at radius 2 is 2.08 bits per heavy atom. The number of carbonyl (C=O) groups excluding carboxylic acids is 1. The van der Waals surface area contributed by atoms with Crippen molar-refractivity contribution in [3.05, 3.63) is 35.5 Å². The highest BCUT2D eigenvalue weighted by molar-refractivity contribution is 5.93. The molecule has 1 aliphatic heterocycles. The number of nitrogens with one attached hydrogen (secondary N) is 1. The smallest absolute Gasteiger partial charge is 0.273 e. The van der Waals surface area contributed by atoms with Crippen molar-refractivity contribution in [2.45, 2.75) is 44.1 Å². The second-order valence-electron chi connectivity index (χ2n) is 7.12. The summed E-state index contributed by atoms with van der Waals surface area (Å²) in [5, 5.41) is 17.7. The van der Waals surface area contributed by atoms with Gasteiger partial charge in [-0.2, -0.15) is 0 Å². The molecule has 2 aromatic rings.